The molecule has 7 heteroatoms. The van der Waals surface area contributed by atoms with E-state index in [9.17, 15) is 13.6 Å². The maximum absolute atomic E-state index is 13.7. The summed E-state index contributed by atoms with van der Waals surface area (Å²) in [5.41, 5.74) is 1.94. The summed E-state index contributed by atoms with van der Waals surface area (Å²) >= 11 is 0. The summed E-state index contributed by atoms with van der Waals surface area (Å²) in [6, 6.07) is 9.64. The van der Waals surface area contributed by atoms with Crippen LogP contribution in [-0.2, 0) is 11.3 Å². The van der Waals surface area contributed by atoms with Gasteiger partial charge in [0.2, 0.25) is 5.91 Å². The Morgan fingerprint density at radius 3 is 2.36 bits per heavy atom. The summed E-state index contributed by atoms with van der Waals surface area (Å²) in [7, 11) is 1.67. The molecule has 0 saturated carbocycles. The van der Waals surface area contributed by atoms with Crippen molar-refractivity contribution in [1.82, 2.24) is 9.80 Å². The molecule has 150 valence electrons. The highest BCUT2D eigenvalue weighted by Crippen LogP contribution is 2.22. The molecule has 3 rings (SSSR count). The number of ether oxygens (including phenoxy) is 1. The first kappa shape index (κ1) is 20.2. The average molecular weight is 389 g/mol. The van der Waals surface area contributed by atoms with Gasteiger partial charge >= 0.3 is 0 Å². The quantitative estimate of drug-likeness (QED) is 0.825. The predicted octanol–water partition coefficient (Wildman–Crippen LogP) is 3.04. The summed E-state index contributed by atoms with van der Waals surface area (Å²) in [6.45, 7) is 5.97. The van der Waals surface area contributed by atoms with Crippen molar-refractivity contribution < 1.29 is 18.3 Å². The number of carbonyl (C=O) groups is 1. The summed E-state index contributed by atoms with van der Waals surface area (Å²) in [5.74, 6) is -1.09. The lowest BCUT2D eigenvalue weighted by Crippen LogP contribution is -2.48. The van der Waals surface area contributed by atoms with Gasteiger partial charge in [-0.3, -0.25) is 14.6 Å². The van der Waals surface area contributed by atoms with E-state index in [2.05, 4.69) is 23.2 Å². The Kier molecular flexibility index (Phi) is 6.59. The van der Waals surface area contributed by atoms with Crippen molar-refractivity contribution in [2.24, 2.45) is 0 Å². The van der Waals surface area contributed by atoms with Crippen LogP contribution in [0.4, 0.5) is 14.5 Å². The second kappa shape index (κ2) is 9.12. The van der Waals surface area contributed by atoms with Crippen LogP contribution in [0.1, 0.15) is 11.1 Å². The van der Waals surface area contributed by atoms with Gasteiger partial charge in [0.1, 0.15) is 23.1 Å². The van der Waals surface area contributed by atoms with E-state index in [1.165, 1.54) is 11.6 Å². The van der Waals surface area contributed by atoms with Crippen molar-refractivity contribution in [2.45, 2.75) is 13.5 Å². The van der Waals surface area contributed by atoms with Crippen LogP contribution >= 0.6 is 0 Å². The summed E-state index contributed by atoms with van der Waals surface area (Å²) in [4.78, 5) is 16.5. The lowest BCUT2D eigenvalue weighted by Gasteiger charge is -2.34. The van der Waals surface area contributed by atoms with Crippen LogP contribution < -0.4 is 10.1 Å². The van der Waals surface area contributed by atoms with E-state index in [1.807, 2.05) is 17.0 Å². The number of anilines is 1. The smallest absolute Gasteiger partial charge is 0.238 e. The third-order valence-electron chi connectivity index (χ3n) is 4.89. The minimum atomic E-state index is -0.773. The molecule has 28 heavy (non-hydrogen) atoms. The van der Waals surface area contributed by atoms with Crippen molar-refractivity contribution >= 4 is 11.6 Å². The van der Waals surface area contributed by atoms with Crippen molar-refractivity contribution in [3.05, 3.63) is 59.2 Å². The van der Waals surface area contributed by atoms with Gasteiger partial charge in [-0.2, -0.15) is 0 Å². The van der Waals surface area contributed by atoms with Gasteiger partial charge in [-0.15, -0.1) is 0 Å². The third kappa shape index (κ3) is 5.05. The summed E-state index contributed by atoms with van der Waals surface area (Å²) < 4.78 is 32.7. The molecule has 5 nitrogen and oxygen atoms in total. The highest BCUT2D eigenvalue weighted by atomic mass is 19.1. The van der Waals surface area contributed by atoms with Crippen molar-refractivity contribution in [3.63, 3.8) is 0 Å². The average Bonchev–Trinajstić information content (AvgIpc) is 2.67. The number of rotatable bonds is 6. The molecule has 0 unspecified atom stereocenters. The Labute approximate surface area is 163 Å². The Hall–Kier alpha value is -2.51. The molecule has 0 spiro atoms. The molecular formula is C21H25F2N3O2. The molecule has 1 fully saturated rings. The number of halogens is 2. The SMILES string of the molecule is COc1ccc(C)cc1CN1CCN(CC(=O)Nc2c(F)cccc2F)CC1. The molecule has 2 aromatic carbocycles. The van der Waals surface area contributed by atoms with E-state index in [0.717, 1.165) is 43.1 Å². The molecule has 1 amide bonds. The van der Waals surface area contributed by atoms with Crippen molar-refractivity contribution in [1.29, 1.82) is 0 Å². The lowest BCUT2D eigenvalue weighted by atomic mass is 10.1. The van der Waals surface area contributed by atoms with Gasteiger partial charge in [0.15, 0.2) is 0 Å². The van der Waals surface area contributed by atoms with Gasteiger partial charge in [-0.1, -0.05) is 23.8 Å². The van der Waals surface area contributed by atoms with E-state index in [4.69, 9.17) is 4.74 Å². The minimum absolute atomic E-state index is 0.107. The zero-order chi connectivity index (χ0) is 20.1. The topological polar surface area (TPSA) is 44.8 Å². The normalized spacial score (nSPS) is 15.4. The van der Waals surface area contributed by atoms with Crippen LogP contribution in [0, 0.1) is 18.6 Å². The third-order valence-corrected chi connectivity index (χ3v) is 4.89. The Morgan fingerprint density at radius 2 is 1.71 bits per heavy atom. The number of methoxy groups -OCH3 is 1. The van der Waals surface area contributed by atoms with Crippen LogP contribution in [0.15, 0.2) is 36.4 Å². The molecule has 0 atom stereocenters. The first-order valence-electron chi connectivity index (χ1n) is 9.28. The fourth-order valence-corrected chi connectivity index (χ4v) is 3.38. The van der Waals surface area contributed by atoms with Crippen molar-refractivity contribution in [2.75, 3.05) is 45.2 Å². The number of amides is 1. The number of nitrogens with zero attached hydrogens (tertiary/aromatic N) is 2. The maximum Gasteiger partial charge on any atom is 0.238 e. The Balaban J connectivity index is 1.50. The van der Waals surface area contributed by atoms with Gasteiger partial charge in [0.05, 0.1) is 13.7 Å². The van der Waals surface area contributed by atoms with Gasteiger partial charge in [0, 0.05) is 38.3 Å². The van der Waals surface area contributed by atoms with E-state index in [1.54, 1.807) is 7.11 Å². The van der Waals surface area contributed by atoms with E-state index < -0.39 is 23.2 Å². The van der Waals surface area contributed by atoms with Gasteiger partial charge in [-0.05, 0) is 25.1 Å². The molecule has 1 aliphatic heterocycles. The highest BCUT2D eigenvalue weighted by Gasteiger charge is 2.21. The minimum Gasteiger partial charge on any atom is -0.496 e. The predicted molar refractivity (Wildman–Crippen MR) is 104 cm³/mol. The van der Waals surface area contributed by atoms with Gasteiger partial charge < -0.3 is 10.1 Å². The van der Waals surface area contributed by atoms with E-state index in [-0.39, 0.29) is 6.54 Å². The largest absolute Gasteiger partial charge is 0.496 e. The van der Waals surface area contributed by atoms with Crippen LogP contribution in [-0.4, -0.2) is 55.5 Å². The fraction of sp³-hybridized carbons (Fsp3) is 0.381. The molecule has 0 aromatic heterocycles. The molecule has 0 radical (unpaired) electrons. The second-order valence-corrected chi connectivity index (χ2v) is 7.01. The molecular weight excluding hydrogens is 364 g/mol. The molecule has 0 bridgehead atoms. The van der Waals surface area contributed by atoms with E-state index in [0.29, 0.717) is 13.1 Å². The standard InChI is InChI=1S/C21H25F2N3O2/c1-15-6-7-19(28-2)16(12-15)13-25-8-10-26(11-9-25)14-20(27)24-21-17(22)4-3-5-18(21)23/h3-7,12H,8-11,13-14H2,1-2H3,(H,24,27). The van der Waals surface area contributed by atoms with Gasteiger partial charge in [-0.25, -0.2) is 8.78 Å². The first-order valence-corrected chi connectivity index (χ1v) is 9.28. The number of carbonyl (C=O) groups excluding carboxylic acids is 1. The van der Waals surface area contributed by atoms with E-state index >= 15 is 0 Å². The Morgan fingerprint density at radius 1 is 1.07 bits per heavy atom. The monoisotopic (exact) mass is 389 g/mol. The lowest BCUT2D eigenvalue weighted by molar-refractivity contribution is -0.117. The number of piperazine rings is 1. The van der Waals surface area contributed by atoms with Crippen LogP contribution in [0.25, 0.3) is 0 Å². The molecule has 0 aliphatic carbocycles. The molecule has 2 aromatic rings. The number of para-hydroxylation sites is 1. The summed E-state index contributed by atoms with van der Waals surface area (Å²) in [6.07, 6.45) is 0. The molecule has 1 N–H and O–H groups in total. The molecule has 1 heterocycles. The fourth-order valence-electron chi connectivity index (χ4n) is 3.38. The zero-order valence-electron chi connectivity index (χ0n) is 16.2. The number of aryl methyl sites for hydroxylation is 1. The van der Waals surface area contributed by atoms with Crippen molar-refractivity contribution in [3.8, 4) is 5.75 Å². The second-order valence-electron chi connectivity index (χ2n) is 7.01. The maximum atomic E-state index is 13.7. The zero-order valence-corrected chi connectivity index (χ0v) is 16.2. The Bertz CT molecular complexity index is 816. The summed E-state index contributed by atoms with van der Waals surface area (Å²) in [5, 5.41) is 2.34. The van der Waals surface area contributed by atoms with Crippen LogP contribution in [0.3, 0.4) is 0 Å². The van der Waals surface area contributed by atoms with Crippen LogP contribution in [0.5, 0.6) is 5.75 Å². The number of hydrogen-bond acceptors (Lipinski definition) is 4. The number of hydrogen-bond donors (Lipinski definition) is 1. The number of benzene rings is 2. The highest BCUT2D eigenvalue weighted by molar-refractivity contribution is 5.92. The first-order chi connectivity index (χ1) is 13.5. The molecule has 1 saturated heterocycles. The molecule has 1 aliphatic rings. The number of nitrogens with one attached hydrogen (secondary N) is 1. The van der Waals surface area contributed by atoms with Gasteiger partial charge in [0.25, 0.3) is 0 Å². The van der Waals surface area contributed by atoms with Crippen LogP contribution in [0.2, 0.25) is 0 Å².